The van der Waals surface area contributed by atoms with Gasteiger partial charge in [-0.05, 0) is 30.0 Å². The normalized spacial score (nSPS) is 12.1. The van der Waals surface area contributed by atoms with E-state index in [4.69, 9.17) is 4.42 Å². The molecule has 140 valence electrons. The Morgan fingerprint density at radius 1 is 1.04 bits per heavy atom. The van der Waals surface area contributed by atoms with Gasteiger partial charge in [-0.15, -0.1) is 10.2 Å². The highest BCUT2D eigenvalue weighted by atomic mass is 32.2. The van der Waals surface area contributed by atoms with Crippen molar-refractivity contribution in [2.24, 2.45) is 5.92 Å². The third kappa shape index (κ3) is 5.69. The van der Waals surface area contributed by atoms with Crippen molar-refractivity contribution in [2.45, 2.75) is 31.5 Å². The van der Waals surface area contributed by atoms with Gasteiger partial charge in [0.1, 0.15) is 0 Å². The molecule has 1 amide bonds. The standard InChI is InChI=1S/C21H23N3O2S/c1-15(2)13-18(16-9-5-3-6-10-16)22-19(25)14-27-21-24-23-20(26-21)17-11-7-4-8-12-17/h3-12,15,18H,13-14H2,1-2H3,(H,22,25)/t18-/m1/s1. The Labute approximate surface area is 163 Å². The highest BCUT2D eigenvalue weighted by Crippen LogP contribution is 2.24. The summed E-state index contributed by atoms with van der Waals surface area (Å²) in [5.41, 5.74) is 1.98. The van der Waals surface area contributed by atoms with Crippen molar-refractivity contribution in [1.82, 2.24) is 15.5 Å². The van der Waals surface area contributed by atoms with Crippen LogP contribution in [0.2, 0.25) is 0 Å². The Balaban J connectivity index is 1.57. The van der Waals surface area contributed by atoms with E-state index in [1.54, 1.807) is 0 Å². The summed E-state index contributed by atoms with van der Waals surface area (Å²) in [5, 5.41) is 11.6. The number of thioether (sulfide) groups is 1. The molecule has 1 aromatic heterocycles. The van der Waals surface area contributed by atoms with Crippen molar-refractivity contribution >= 4 is 17.7 Å². The first-order valence-corrected chi connectivity index (χ1v) is 9.96. The molecular weight excluding hydrogens is 358 g/mol. The number of carbonyl (C=O) groups excluding carboxylic acids is 1. The maximum absolute atomic E-state index is 12.4. The Morgan fingerprint density at radius 3 is 2.37 bits per heavy atom. The average Bonchev–Trinajstić information content (AvgIpc) is 3.16. The Morgan fingerprint density at radius 2 is 1.70 bits per heavy atom. The van der Waals surface area contributed by atoms with E-state index in [9.17, 15) is 4.79 Å². The fraction of sp³-hybridized carbons (Fsp3) is 0.286. The zero-order chi connectivity index (χ0) is 19.1. The first kappa shape index (κ1) is 19.2. The molecule has 0 saturated heterocycles. The lowest BCUT2D eigenvalue weighted by molar-refractivity contribution is -0.119. The lowest BCUT2D eigenvalue weighted by atomic mass is 9.97. The largest absolute Gasteiger partial charge is 0.411 e. The number of nitrogens with zero attached hydrogens (tertiary/aromatic N) is 2. The summed E-state index contributed by atoms with van der Waals surface area (Å²) < 4.78 is 5.64. The summed E-state index contributed by atoms with van der Waals surface area (Å²) in [7, 11) is 0. The van der Waals surface area contributed by atoms with Crippen LogP contribution in [0.15, 0.2) is 70.3 Å². The lowest BCUT2D eigenvalue weighted by Crippen LogP contribution is -2.30. The molecule has 5 nitrogen and oxygen atoms in total. The molecule has 0 spiro atoms. The minimum atomic E-state index is -0.0473. The molecule has 0 saturated carbocycles. The molecule has 3 aromatic rings. The second-order valence-electron chi connectivity index (χ2n) is 6.69. The van der Waals surface area contributed by atoms with Gasteiger partial charge in [-0.25, -0.2) is 0 Å². The molecule has 0 unspecified atom stereocenters. The maximum Gasteiger partial charge on any atom is 0.277 e. The molecule has 0 radical (unpaired) electrons. The predicted octanol–water partition coefficient (Wildman–Crippen LogP) is 4.73. The molecule has 1 N–H and O–H groups in total. The van der Waals surface area contributed by atoms with Crippen LogP contribution in [0.25, 0.3) is 11.5 Å². The van der Waals surface area contributed by atoms with Gasteiger partial charge in [0.15, 0.2) is 0 Å². The van der Waals surface area contributed by atoms with Gasteiger partial charge in [0.25, 0.3) is 5.22 Å². The molecule has 0 aliphatic rings. The quantitative estimate of drug-likeness (QED) is 0.571. The lowest BCUT2D eigenvalue weighted by Gasteiger charge is -2.21. The molecule has 0 bridgehead atoms. The van der Waals surface area contributed by atoms with Crippen LogP contribution in [0, 0.1) is 5.92 Å². The van der Waals surface area contributed by atoms with E-state index in [0.717, 1.165) is 17.5 Å². The van der Waals surface area contributed by atoms with Gasteiger partial charge in [0, 0.05) is 5.56 Å². The number of hydrogen-bond acceptors (Lipinski definition) is 5. The zero-order valence-corrected chi connectivity index (χ0v) is 16.3. The highest BCUT2D eigenvalue weighted by molar-refractivity contribution is 7.99. The topological polar surface area (TPSA) is 68.0 Å². The fourth-order valence-corrected chi connectivity index (χ4v) is 3.34. The van der Waals surface area contributed by atoms with Crippen LogP contribution in [0.5, 0.6) is 0 Å². The van der Waals surface area contributed by atoms with Crippen molar-refractivity contribution in [2.75, 3.05) is 5.75 Å². The molecule has 2 aromatic carbocycles. The second-order valence-corrected chi connectivity index (χ2v) is 7.61. The number of benzene rings is 2. The minimum absolute atomic E-state index is 0.00173. The van der Waals surface area contributed by atoms with E-state index in [1.165, 1.54) is 11.8 Å². The van der Waals surface area contributed by atoms with Crippen LogP contribution in [0.1, 0.15) is 31.9 Å². The number of aromatic nitrogens is 2. The monoisotopic (exact) mass is 381 g/mol. The average molecular weight is 382 g/mol. The van der Waals surface area contributed by atoms with Gasteiger partial charge in [-0.2, -0.15) is 0 Å². The molecule has 6 heteroatoms. The van der Waals surface area contributed by atoms with Crippen molar-refractivity contribution in [1.29, 1.82) is 0 Å². The zero-order valence-electron chi connectivity index (χ0n) is 15.5. The summed E-state index contributed by atoms with van der Waals surface area (Å²) in [5.74, 6) is 1.12. The van der Waals surface area contributed by atoms with Gasteiger partial charge in [0.05, 0.1) is 11.8 Å². The van der Waals surface area contributed by atoms with E-state index in [0.29, 0.717) is 17.0 Å². The Kier molecular flexibility index (Phi) is 6.65. The molecule has 1 heterocycles. The minimum Gasteiger partial charge on any atom is -0.411 e. The van der Waals surface area contributed by atoms with Crippen molar-refractivity contribution in [3.05, 3.63) is 66.2 Å². The van der Waals surface area contributed by atoms with Gasteiger partial charge < -0.3 is 9.73 Å². The second kappa shape index (κ2) is 9.37. The Bertz CT molecular complexity index is 850. The maximum atomic E-state index is 12.4. The van der Waals surface area contributed by atoms with Gasteiger partial charge in [-0.1, -0.05) is 74.1 Å². The van der Waals surface area contributed by atoms with Gasteiger partial charge in [-0.3, -0.25) is 4.79 Å². The van der Waals surface area contributed by atoms with Gasteiger partial charge in [0.2, 0.25) is 11.8 Å². The molecule has 0 fully saturated rings. The van der Waals surface area contributed by atoms with Gasteiger partial charge >= 0.3 is 0 Å². The molecule has 1 atom stereocenters. The van der Waals surface area contributed by atoms with E-state index >= 15 is 0 Å². The van der Waals surface area contributed by atoms with E-state index in [2.05, 4.69) is 29.4 Å². The van der Waals surface area contributed by atoms with Crippen LogP contribution < -0.4 is 5.32 Å². The number of amides is 1. The van der Waals surface area contributed by atoms with Crippen molar-refractivity contribution in [3.63, 3.8) is 0 Å². The summed E-state index contributed by atoms with van der Waals surface area (Å²) in [6.45, 7) is 4.31. The number of rotatable bonds is 8. The summed E-state index contributed by atoms with van der Waals surface area (Å²) in [4.78, 5) is 12.4. The SMILES string of the molecule is CC(C)C[C@@H](NC(=O)CSc1nnc(-c2ccccc2)o1)c1ccccc1. The van der Waals surface area contributed by atoms with Crippen LogP contribution in [0.3, 0.4) is 0 Å². The highest BCUT2D eigenvalue weighted by Gasteiger charge is 2.17. The van der Waals surface area contributed by atoms with Crippen molar-refractivity contribution < 1.29 is 9.21 Å². The first-order valence-electron chi connectivity index (χ1n) is 8.98. The summed E-state index contributed by atoms with van der Waals surface area (Å²) >= 11 is 1.25. The molecular formula is C21H23N3O2S. The molecule has 0 aliphatic carbocycles. The predicted molar refractivity (Wildman–Crippen MR) is 107 cm³/mol. The van der Waals surface area contributed by atoms with Crippen LogP contribution in [0.4, 0.5) is 0 Å². The third-order valence-electron chi connectivity index (χ3n) is 4.00. The summed E-state index contributed by atoms with van der Waals surface area (Å²) in [6.07, 6.45) is 0.888. The fourth-order valence-electron chi connectivity index (χ4n) is 2.76. The van der Waals surface area contributed by atoms with E-state index in [-0.39, 0.29) is 17.7 Å². The molecule has 27 heavy (non-hydrogen) atoms. The van der Waals surface area contributed by atoms with Crippen LogP contribution in [-0.2, 0) is 4.79 Å². The smallest absolute Gasteiger partial charge is 0.277 e. The Hall–Kier alpha value is -2.60. The summed E-state index contributed by atoms with van der Waals surface area (Å²) in [6, 6.07) is 19.6. The first-order chi connectivity index (χ1) is 13.1. The molecule has 0 aliphatic heterocycles. The van der Waals surface area contributed by atoms with E-state index in [1.807, 2.05) is 60.7 Å². The molecule has 3 rings (SSSR count). The van der Waals surface area contributed by atoms with Crippen molar-refractivity contribution in [3.8, 4) is 11.5 Å². The van der Waals surface area contributed by atoms with Crippen LogP contribution in [-0.4, -0.2) is 21.9 Å². The van der Waals surface area contributed by atoms with E-state index < -0.39 is 0 Å². The third-order valence-corrected chi connectivity index (χ3v) is 4.82. The number of nitrogens with one attached hydrogen (secondary N) is 1. The number of carbonyl (C=O) groups is 1. The number of hydrogen-bond donors (Lipinski definition) is 1. The van der Waals surface area contributed by atoms with Crippen LogP contribution >= 0.6 is 11.8 Å².